The average molecular weight is 591 g/mol. The molecule has 222 valence electrons. The number of hydrogen-bond donors (Lipinski definition) is 3. The van der Waals surface area contributed by atoms with E-state index in [2.05, 4.69) is 10.9 Å². The van der Waals surface area contributed by atoms with Gasteiger partial charge in [0.2, 0.25) is 5.41 Å². The summed E-state index contributed by atoms with van der Waals surface area (Å²) in [6.45, 7) is -1.24. The van der Waals surface area contributed by atoms with Crippen molar-refractivity contribution in [3.8, 4) is 0 Å². The number of nitrogens with one attached hydrogen (secondary N) is 3. The first-order valence-corrected chi connectivity index (χ1v) is 13.0. The van der Waals surface area contributed by atoms with Crippen LogP contribution in [0.1, 0.15) is 22.3 Å². The fourth-order valence-electron chi connectivity index (χ4n) is 4.74. The largest absolute Gasteiger partial charge is 0.413 e. The van der Waals surface area contributed by atoms with Crippen molar-refractivity contribution in [2.45, 2.75) is 43.3 Å². The fourth-order valence-corrected chi connectivity index (χ4v) is 4.74. The van der Waals surface area contributed by atoms with Gasteiger partial charge >= 0.3 is 12.4 Å². The smallest absolute Gasteiger partial charge is 0.265 e. The molecule has 0 saturated carbocycles. The zero-order chi connectivity index (χ0) is 30.3. The summed E-state index contributed by atoms with van der Waals surface area (Å²) in [6, 6.07) is 28.6. The number of alkyl halides is 7. The summed E-state index contributed by atoms with van der Waals surface area (Å²) in [7, 11) is 0. The number of hydrogen-bond acceptors (Lipinski definition) is 4. The van der Waals surface area contributed by atoms with Gasteiger partial charge in [0.05, 0.1) is 0 Å². The molecular weight excluding hydrogens is 561 g/mol. The predicted molar refractivity (Wildman–Crippen MR) is 146 cm³/mol. The quantitative estimate of drug-likeness (QED) is 0.0708. The van der Waals surface area contributed by atoms with E-state index in [1.807, 2.05) is 5.32 Å². The van der Waals surface area contributed by atoms with Crippen LogP contribution < -0.4 is 16.2 Å². The zero-order valence-corrected chi connectivity index (χ0v) is 22.3. The minimum atomic E-state index is -6.16. The normalized spacial score (nSPS) is 14.1. The van der Waals surface area contributed by atoms with Gasteiger partial charge in [0.1, 0.15) is 0 Å². The Morgan fingerprint density at radius 1 is 0.452 bits per heavy atom. The summed E-state index contributed by atoms with van der Waals surface area (Å²) in [4.78, 5) is 0. The van der Waals surface area contributed by atoms with E-state index in [4.69, 9.17) is 0 Å². The molecule has 0 aliphatic carbocycles. The summed E-state index contributed by atoms with van der Waals surface area (Å²) in [5.74, 6) is -4.37. The lowest BCUT2D eigenvalue weighted by molar-refractivity contribution is -0.375. The second-order valence-corrected chi connectivity index (χ2v) is 9.55. The van der Waals surface area contributed by atoms with E-state index in [9.17, 15) is 0 Å². The summed E-state index contributed by atoms with van der Waals surface area (Å²) in [6.07, 6.45) is -12.3. The highest BCUT2D eigenvalue weighted by Crippen LogP contribution is 2.59. The highest BCUT2D eigenvalue weighted by molar-refractivity contribution is 5.35. The molecule has 0 spiro atoms. The van der Waals surface area contributed by atoms with Gasteiger partial charge in [0.15, 0.2) is 0 Å². The van der Waals surface area contributed by atoms with E-state index in [1.54, 1.807) is 78.9 Å². The molecule has 0 aromatic heterocycles. The molecule has 0 aliphatic heterocycles. The molecule has 0 aliphatic rings. The Kier molecular flexibility index (Phi) is 9.67. The average Bonchev–Trinajstić information content (AvgIpc) is 2.97. The SMILES string of the molecule is FC(F)(F)C(c1ccccc1)(C(F)(F)F)C(F)(NCc1ccccc1)N(NCc1ccccc1)NCc1ccccc1. The molecule has 0 bridgehead atoms. The summed E-state index contributed by atoms with van der Waals surface area (Å²) in [5.41, 5.74) is -0.131. The lowest BCUT2D eigenvalue weighted by Crippen LogP contribution is -2.80. The maximum atomic E-state index is 17.8. The Morgan fingerprint density at radius 3 is 1.14 bits per heavy atom. The maximum absolute atomic E-state index is 17.8. The highest BCUT2D eigenvalue weighted by Gasteiger charge is 2.83. The van der Waals surface area contributed by atoms with E-state index in [1.165, 1.54) is 18.2 Å². The molecule has 4 aromatic carbocycles. The van der Waals surface area contributed by atoms with Crippen LogP contribution >= 0.6 is 0 Å². The third-order valence-electron chi connectivity index (χ3n) is 6.80. The predicted octanol–water partition coefficient (Wildman–Crippen LogP) is 7.17. The van der Waals surface area contributed by atoms with E-state index >= 15 is 30.7 Å². The van der Waals surface area contributed by atoms with E-state index in [0.29, 0.717) is 23.3 Å². The molecule has 0 radical (unpaired) electrons. The van der Waals surface area contributed by atoms with E-state index in [-0.39, 0.29) is 23.8 Å². The minimum absolute atomic E-state index is 0.171. The number of hydrazine groups is 2. The van der Waals surface area contributed by atoms with Crippen LogP contribution in [0, 0.1) is 0 Å². The van der Waals surface area contributed by atoms with Crippen molar-refractivity contribution in [1.82, 2.24) is 21.3 Å². The molecule has 1 unspecified atom stereocenters. The van der Waals surface area contributed by atoms with Crippen LogP contribution in [-0.4, -0.2) is 23.4 Å². The molecule has 0 amide bonds. The van der Waals surface area contributed by atoms with Gasteiger partial charge in [-0.25, -0.2) is 15.2 Å². The van der Waals surface area contributed by atoms with Gasteiger partial charge < -0.3 is 0 Å². The first-order valence-electron chi connectivity index (χ1n) is 13.0. The van der Waals surface area contributed by atoms with Gasteiger partial charge in [-0.1, -0.05) is 121 Å². The van der Waals surface area contributed by atoms with Crippen LogP contribution in [0.25, 0.3) is 0 Å². The lowest BCUT2D eigenvalue weighted by atomic mass is 9.74. The van der Waals surface area contributed by atoms with E-state index < -0.39 is 35.8 Å². The third-order valence-corrected chi connectivity index (χ3v) is 6.80. The zero-order valence-electron chi connectivity index (χ0n) is 22.3. The van der Waals surface area contributed by atoms with Gasteiger partial charge in [-0.15, -0.1) is 5.12 Å². The first-order chi connectivity index (χ1) is 20.0. The number of halogens is 7. The molecule has 1 atom stereocenters. The van der Waals surface area contributed by atoms with Gasteiger partial charge in [-0.2, -0.15) is 26.3 Å². The second kappa shape index (κ2) is 13.0. The fraction of sp³-hybridized carbons (Fsp3) is 0.226. The Hall–Kier alpha value is -3.77. The molecule has 4 aromatic rings. The van der Waals surface area contributed by atoms with Crippen molar-refractivity contribution in [2.24, 2.45) is 0 Å². The molecule has 0 saturated heterocycles. The molecule has 42 heavy (non-hydrogen) atoms. The van der Waals surface area contributed by atoms with Crippen molar-refractivity contribution in [1.29, 1.82) is 0 Å². The van der Waals surface area contributed by atoms with Crippen molar-refractivity contribution in [3.63, 3.8) is 0 Å². The Bertz CT molecular complexity index is 1310. The number of rotatable bonds is 12. The van der Waals surface area contributed by atoms with E-state index in [0.717, 1.165) is 12.1 Å². The first kappa shape index (κ1) is 31.2. The Morgan fingerprint density at radius 2 is 0.786 bits per heavy atom. The maximum Gasteiger partial charge on any atom is 0.413 e. The number of nitrogens with zero attached hydrogens (tertiary/aromatic N) is 1. The highest BCUT2D eigenvalue weighted by atomic mass is 19.4. The standard InChI is InChI=1S/C31H29F7N4/c32-29(33,34)28(30(35,36)37,27-19-11-4-12-20-27)31(38,39-21-24-13-5-1-6-14-24)42(40-22-25-15-7-2-8-16-25)41-23-26-17-9-3-10-18-26/h1-20,39-41H,21-23H2. The Balaban J connectivity index is 1.91. The number of benzene rings is 4. The van der Waals surface area contributed by atoms with Crippen LogP contribution in [-0.2, 0) is 25.0 Å². The molecule has 3 N–H and O–H groups in total. The van der Waals surface area contributed by atoms with Gasteiger partial charge in [-0.05, 0) is 22.3 Å². The van der Waals surface area contributed by atoms with Crippen LogP contribution in [0.4, 0.5) is 30.7 Å². The van der Waals surface area contributed by atoms with Gasteiger partial charge in [0.25, 0.3) is 5.92 Å². The topological polar surface area (TPSA) is 39.3 Å². The van der Waals surface area contributed by atoms with Gasteiger partial charge in [0, 0.05) is 19.6 Å². The van der Waals surface area contributed by atoms with Crippen LogP contribution in [0.5, 0.6) is 0 Å². The van der Waals surface area contributed by atoms with Crippen LogP contribution in [0.3, 0.4) is 0 Å². The van der Waals surface area contributed by atoms with Crippen LogP contribution in [0.15, 0.2) is 121 Å². The lowest BCUT2D eigenvalue weighted by Gasteiger charge is -2.51. The monoisotopic (exact) mass is 590 g/mol. The van der Waals surface area contributed by atoms with Crippen molar-refractivity contribution < 1.29 is 30.7 Å². The molecule has 4 nitrogen and oxygen atoms in total. The van der Waals surface area contributed by atoms with Crippen molar-refractivity contribution in [3.05, 3.63) is 144 Å². The molecule has 11 heteroatoms. The van der Waals surface area contributed by atoms with Crippen molar-refractivity contribution in [2.75, 3.05) is 0 Å². The summed E-state index contributed by atoms with van der Waals surface area (Å²) in [5, 5.41) is 2.20. The molecular formula is C31H29F7N4. The minimum Gasteiger partial charge on any atom is -0.265 e. The summed E-state index contributed by atoms with van der Waals surface area (Å²) < 4.78 is 109. The van der Waals surface area contributed by atoms with Gasteiger partial charge in [-0.3, -0.25) is 5.32 Å². The Labute approximate surface area is 239 Å². The van der Waals surface area contributed by atoms with Crippen LogP contribution in [0.2, 0.25) is 0 Å². The molecule has 4 rings (SSSR count). The molecule has 0 heterocycles. The molecule has 0 fully saturated rings. The van der Waals surface area contributed by atoms with Crippen molar-refractivity contribution >= 4 is 0 Å². The summed E-state index contributed by atoms with van der Waals surface area (Å²) >= 11 is 0. The third kappa shape index (κ3) is 6.49. The second-order valence-electron chi connectivity index (χ2n) is 9.55.